The molecule has 0 bridgehead atoms. The zero-order valence-corrected chi connectivity index (χ0v) is 12.2. The lowest BCUT2D eigenvalue weighted by atomic mass is 10.00. The molecule has 0 saturated carbocycles. The number of hydrogen-bond acceptors (Lipinski definition) is 2. The number of nitrogens with zero attached hydrogens (tertiary/aromatic N) is 1. The molecule has 0 unspecified atom stereocenters. The van der Waals surface area contributed by atoms with Gasteiger partial charge in [-0.15, -0.1) is 0 Å². The Morgan fingerprint density at radius 1 is 1.30 bits per heavy atom. The average Bonchev–Trinajstić information content (AvgIpc) is 2.66. The molecule has 1 aromatic carbocycles. The van der Waals surface area contributed by atoms with Crippen LogP contribution in [0.5, 0.6) is 0 Å². The standard InChI is InChI=1S/C15H17ClN2O2/c1-10-4-6-17(7-5-10)9-18-13-3-2-11(16)8-12(13)14(19)15(18)20/h2-3,8,10H,4-7,9H2,1H3/p+1. The van der Waals surface area contributed by atoms with Gasteiger partial charge in [0.1, 0.15) is 0 Å². The third kappa shape index (κ3) is 2.34. The van der Waals surface area contributed by atoms with Gasteiger partial charge in [0.2, 0.25) is 0 Å². The Morgan fingerprint density at radius 3 is 2.70 bits per heavy atom. The van der Waals surface area contributed by atoms with Gasteiger partial charge < -0.3 is 4.90 Å². The fourth-order valence-electron chi connectivity index (χ4n) is 2.98. The molecule has 0 aliphatic carbocycles. The number of nitrogens with one attached hydrogen (secondary N) is 1. The number of Topliss-reactive ketones (excluding diaryl/α,β-unsaturated/α-hetero) is 1. The maximum absolute atomic E-state index is 12.1. The normalized spacial score (nSPS) is 26.0. The van der Waals surface area contributed by atoms with Gasteiger partial charge in [-0.2, -0.15) is 0 Å². The number of ketones is 1. The van der Waals surface area contributed by atoms with Crippen LogP contribution < -0.4 is 9.80 Å². The molecular formula is C15H18ClN2O2+. The Hall–Kier alpha value is -1.39. The number of benzene rings is 1. The van der Waals surface area contributed by atoms with Crippen molar-refractivity contribution < 1.29 is 14.5 Å². The van der Waals surface area contributed by atoms with Crippen LogP contribution in [0, 0.1) is 5.92 Å². The van der Waals surface area contributed by atoms with E-state index in [1.807, 2.05) is 0 Å². The first-order chi connectivity index (χ1) is 9.56. The van der Waals surface area contributed by atoms with Crippen LogP contribution in [0.3, 0.4) is 0 Å². The summed E-state index contributed by atoms with van der Waals surface area (Å²) in [6.45, 7) is 4.95. The minimum atomic E-state index is -0.438. The Labute approximate surface area is 123 Å². The van der Waals surface area contributed by atoms with Crippen LogP contribution in [-0.4, -0.2) is 31.4 Å². The van der Waals surface area contributed by atoms with Gasteiger partial charge in [0.05, 0.1) is 24.3 Å². The molecule has 106 valence electrons. The number of carbonyl (C=O) groups excluding carboxylic acids is 2. The zero-order valence-electron chi connectivity index (χ0n) is 11.5. The number of likely N-dealkylation sites (tertiary alicyclic amines) is 1. The summed E-state index contributed by atoms with van der Waals surface area (Å²) in [5, 5.41) is 0.492. The minimum absolute atomic E-state index is 0.423. The minimum Gasteiger partial charge on any atom is -0.317 e. The zero-order chi connectivity index (χ0) is 14.3. The first-order valence-corrected chi connectivity index (χ1v) is 7.43. The van der Waals surface area contributed by atoms with E-state index < -0.39 is 11.7 Å². The van der Waals surface area contributed by atoms with E-state index in [1.165, 1.54) is 17.7 Å². The van der Waals surface area contributed by atoms with Crippen LogP contribution in [0.25, 0.3) is 0 Å². The van der Waals surface area contributed by atoms with E-state index in [0.29, 0.717) is 22.9 Å². The number of carbonyl (C=O) groups is 2. The number of quaternary nitrogens is 1. The van der Waals surface area contributed by atoms with Gasteiger partial charge in [-0.05, 0) is 37.0 Å². The summed E-state index contributed by atoms with van der Waals surface area (Å²) in [6, 6.07) is 5.09. The lowest BCUT2D eigenvalue weighted by Crippen LogP contribution is -3.14. The third-order valence-corrected chi connectivity index (χ3v) is 4.53. The predicted octanol–water partition coefficient (Wildman–Crippen LogP) is 1.14. The van der Waals surface area contributed by atoms with E-state index in [2.05, 4.69) is 6.92 Å². The first kappa shape index (κ1) is 13.6. The van der Waals surface area contributed by atoms with E-state index in [9.17, 15) is 9.59 Å². The number of piperidine rings is 1. The average molecular weight is 294 g/mol. The van der Waals surface area contributed by atoms with Crippen LogP contribution in [0.4, 0.5) is 5.69 Å². The number of hydrogen-bond donors (Lipinski definition) is 1. The molecule has 0 spiro atoms. The molecule has 20 heavy (non-hydrogen) atoms. The number of rotatable bonds is 2. The number of halogens is 1. The summed E-state index contributed by atoms with van der Waals surface area (Å²) in [4.78, 5) is 27.1. The van der Waals surface area contributed by atoms with Crippen LogP contribution in [-0.2, 0) is 4.79 Å². The SMILES string of the molecule is CC1CC[NH+](CN2C(=O)C(=O)c3cc(Cl)ccc32)CC1. The number of fused-ring (bicyclic) bond motifs is 1. The lowest BCUT2D eigenvalue weighted by Gasteiger charge is -2.30. The summed E-state index contributed by atoms with van der Waals surface area (Å²) in [5.41, 5.74) is 1.14. The summed E-state index contributed by atoms with van der Waals surface area (Å²) in [6.07, 6.45) is 2.36. The molecule has 3 rings (SSSR count). The molecule has 1 aromatic rings. The van der Waals surface area contributed by atoms with Crippen molar-refractivity contribution in [2.24, 2.45) is 5.92 Å². The fraction of sp³-hybridized carbons (Fsp3) is 0.467. The lowest BCUT2D eigenvalue weighted by molar-refractivity contribution is -0.904. The summed E-state index contributed by atoms with van der Waals surface area (Å²) in [7, 11) is 0. The highest BCUT2D eigenvalue weighted by atomic mass is 35.5. The quantitative estimate of drug-likeness (QED) is 0.831. The van der Waals surface area contributed by atoms with Crippen molar-refractivity contribution in [1.29, 1.82) is 0 Å². The second-order valence-electron chi connectivity index (χ2n) is 5.81. The highest BCUT2D eigenvalue weighted by Crippen LogP contribution is 2.30. The Bertz CT molecular complexity index is 565. The Kier molecular flexibility index (Phi) is 3.52. The van der Waals surface area contributed by atoms with Crippen molar-refractivity contribution >= 4 is 29.0 Å². The van der Waals surface area contributed by atoms with Crippen LogP contribution in [0.15, 0.2) is 18.2 Å². The number of amides is 1. The summed E-state index contributed by atoms with van der Waals surface area (Å²) >= 11 is 5.90. The molecule has 4 nitrogen and oxygen atoms in total. The molecule has 2 aliphatic rings. The monoisotopic (exact) mass is 293 g/mol. The maximum atomic E-state index is 12.1. The highest BCUT2D eigenvalue weighted by molar-refractivity contribution is 6.52. The molecule has 1 N–H and O–H groups in total. The van der Waals surface area contributed by atoms with Crippen molar-refractivity contribution in [2.45, 2.75) is 19.8 Å². The van der Waals surface area contributed by atoms with Gasteiger partial charge in [0, 0.05) is 5.02 Å². The van der Waals surface area contributed by atoms with Crippen molar-refractivity contribution in [1.82, 2.24) is 0 Å². The first-order valence-electron chi connectivity index (χ1n) is 7.05. The van der Waals surface area contributed by atoms with Crippen molar-refractivity contribution in [3.05, 3.63) is 28.8 Å². The van der Waals surface area contributed by atoms with Gasteiger partial charge in [0.25, 0.3) is 5.78 Å². The van der Waals surface area contributed by atoms with Crippen molar-refractivity contribution in [3.63, 3.8) is 0 Å². The molecule has 2 heterocycles. The molecule has 0 aromatic heterocycles. The van der Waals surface area contributed by atoms with Gasteiger partial charge in [-0.3, -0.25) is 14.5 Å². The number of anilines is 1. The second kappa shape index (κ2) is 5.19. The van der Waals surface area contributed by atoms with Gasteiger partial charge >= 0.3 is 5.91 Å². The van der Waals surface area contributed by atoms with E-state index in [0.717, 1.165) is 19.0 Å². The van der Waals surface area contributed by atoms with E-state index in [-0.39, 0.29) is 0 Å². The molecule has 1 saturated heterocycles. The van der Waals surface area contributed by atoms with Crippen LogP contribution in [0.2, 0.25) is 5.02 Å². The molecule has 1 fully saturated rings. The van der Waals surface area contributed by atoms with E-state index >= 15 is 0 Å². The third-order valence-electron chi connectivity index (χ3n) is 4.30. The predicted molar refractivity (Wildman–Crippen MR) is 77.2 cm³/mol. The summed E-state index contributed by atoms with van der Waals surface area (Å²) < 4.78 is 0. The topological polar surface area (TPSA) is 41.8 Å². The van der Waals surface area contributed by atoms with Gasteiger partial charge in [-0.1, -0.05) is 18.5 Å². The van der Waals surface area contributed by atoms with Gasteiger partial charge in [-0.25, -0.2) is 0 Å². The molecule has 2 aliphatic heterocycles. The Balaban J connectivity index is 1.81. The van der Waals surface area contributed by atoms with Crippen LogP contribution >= 0.6 is 11.6 Å². The van der Waals surface area contributed by atoms with Crippen molar-refractivity contribution in [3.8, 4) is 0 Å². The molecule has 5 heteroatoms. The molecular weight excluding hydrogens is 276 g/mol. The summed E-state index contributed by atoms with van der Waals surface area (Å²) in [5.74, 6) is -0.0959. The van der Waals surface area contributed by atoms with E-state index in [1.54, 1.807) is 23.1 Å². The fourth-order valence-corrected chi connectivity index (χ4v) is 3.15. The van der Waals surface area contributed by atoms with Crippen molar-refractivity contribution in [2.75, 3.05) is 24.7 Å². The molecule has 0 atom stereocenters. The second-order valence-corrected chi connectivity index (χ2v) is 6.25. The van der Waals surface area contributed by atoms with Crippen LogP contribution in [0.1, 0.15) is 30.1 Å². The smallest absolute Gasteiger partial charge is 0.303 e. The van der Waals surface area contributed by atoms with Gasteiger partial charge in [0.15, 0.2) is 6.67 Å². The highest BCUT2D eigenvalue weighted by Gasteiger charge is 2.38. The largest absolute Gasteiger partial charge is 0.317 e. The Morgan fingerprint density at radius 2 is 2.00 bits per heavy atom. The molecule has 0 radical (unpaired) electrons. The maximum Gasteiger partial charge on any atom is 0.303 e. The van der Waals surface area contributed by atoms with E-state index in [4.69, 9.17) is 11.6 Å². The molecule has 1 amide bonds.